The van der Waals surface area contributed by atoms with E-state index in [0.717, 1.165) is 40.3 Å². The SMILES string of the molecule is CCN(c1ccc(C(=O)NCCC(=O)O)cc1)C(COc1ccc(-c2cc3ccccc3o2)cc1)C(C)C. The molecule has 1 heterocycles. The van der Waals surface area contributed by atoms with Crippen molar-refractivity contribution in [3.8, 4) is 17.1 Å². The lowest BCUT2D eigenvalue weighted by Crippen LogP contribution is -2.43. The molecule has 4 rings (SSSR count). The summed E-state index contributed by atoms with van der Waals surface area (Å²) in [5.74, 6) is 0.719. The number of carbonyl (C=O) groups excluding carboxylic acids is 1. The predicted molar refractivity (Wildman–Crippen MR) is 150 cm³/mol. The summed E-state index contributed by atoms with van der Waals surface area (Å²) in [6.45, 7) is 7.83. The number of carbonyl (C=O) groups is 2. The minimum atomic E-state index is -0.941. The Morgan fingerprint density at radius 2 is 1.71 bits per heavy atom. The second kappa shape index (κ2) is 12.3. The molecule has 1 unspecified atom stereocenters. The summed E-state index contributed by atoms with van der Waals surface area (Å²) in [4.78, 5) is 25.2. The normalized spacial score (nSPS) is 11.9. The molecule has 1 aromatic heterocycles. The summed E-state index contributed by atoms with van der Waals surface area (Å²) in [7, 11) is 0. The van der Waals surface area contributed by atoms with Crippen LogP contribution in [0.4, 0.5) is 5.69 Å². The smallest absolute Gasteiger partial charge is 0.305 e. The topological polar surface area (TPSA) is 92.0 Å². The number of para-hydroxylation sites is 1. The Kier molecular flexibility index (Phi) is 8.69. The van der Waals surface area contributed by atoms with Gasteiger partial charge in [-0.2, -0.15) is 0 Å². The van der Waals surface area contributed by atoms with Crippen LogP contribution in [0.1, 0.15) is 37.6 Å². The van der Waals surface area contributed by atoms with E-state index in [-0.39, 0.29) is 24.9 Å². The summed E-state index contributed by atoms with van der Waals surface area (Å²) >= 11 is 0. The van der Waals surface area contributed by atoms with Crippen molar-refractivity contribution in [3.63, 3.8) is 0 Å². The van der Waals surface area contributed by atoms with Gasteiger partial charge in [0.1, 0.15) is 23.7 Å². The number of amides is 1. The third-order valence-corrected chi connectivity index (χ3v) is 6.58. The number of likely N-dealkylation sites (N-methyl/N-ethyl adjacent to an activating group) is 1. The van der Waals surface area contributed by atoms with Crippen molar-refractivity contribution in [2.75, 3.05) is 24.6 Å². The fourth-order valence-electron chi connectivity index (χ4n) is 4.46. The zero-order valence-electron chi connectivity index (χ0n) is 22.0. The number of nitrogens with one attached hydrogen (secondary N) is 1. The van der Waals surface area contributed by atoms with E-state index in [9.17, 15) is 9.59 Å². The number of hydrogen-bond donors (Lipinski definition) is 2. The van der Waals surface area contributed by atoms with Crippen LogP contribution in [0, 0.1) is 5.92 Å². The Hall–Kier alpha value is -4.26. The number of carboxylic acids is 1. The lowest BCUT2D eigenvalue weighted by atomic mass is 10.0. The molecule has 0 aliphatic carbocycles. The fourth-order valence-corrected chi connectivity index (χ4v) is 4.46. The van der Waals surface area contributed by atoms with Crippen LogP contribution < -0.4 is 15.0 Å². The Morgan fingerprint density at radius 1 is 1.00 bits per heavy atom. The summed E-state index contributed by atoms with van der Waals surface area (Å²) in [6.07, 6.45) is -0.105. The number of benzene rings is 3. The van der Waals surface area contributed by atoms with E-state index in [2.05, 4.69) is 31.0 Å². The molecule has 0 spiro atoms. The summed E-state index contributed by atoms with van der Waals surface area (Å²) in [5.41, 5.74) is 3.36. The third-order valence-electron chi connectivity index (χ3n) is 6.58. The van der Waals surface area contributed by atoms with E-state index in [1.807, 2.05) is 66.7 Å². The van der Waals surface area contributed by atoms with Crippen molar-refractivity contribution in [1.29, 1.82) is 0 Å². The summed E-state index contributed by atoms with van der Waals surface area (Å²) < 4.78 is 12.2. The molecule has 0 radical (unpaired) electrons. The van der Waals surface area contributed by atoms with Crippen LogP contribution in [-0.2, 0) is 4.79 Å². The molecule has 1 atom stereocenters. The average molecular weight is 515 g/mol. The zero-order valence-corrected chi connectivity index (χ0v) is 22.0. The first-order valence-corrected chi connectivity index (χ1v) is 12.9. The Balaban J connectivity index is 1.40. The Labute approximate surface area is 223 Å². The molecule has 0 fully saturated rings. The number of fused-ring (bicyclic) bond motifs is 1. The molecule has 0 aliphatic heterocycles. The number of furan rings is 1. The van der Waals surface area contributed by atoms with Gasteiger partial charge in [-0.25, -0.2) is 0 Å². The standard InChI is InChI=1S/C31H34N2O5/c1-4-33(25-13-9-23(10-14-25)31(36)32-18-17-30(34)35)27(21(2)3)20-37-26-15-11-22(12-16-26)29-19-24-7-5-6-8-28(24)38-29/h5-16,19,21,27H,4,17-18,20H2,1-3H3,(H,32,36)(H,34,35). The molecule has 7 nitrogen and oxygen atoms in total. The van der Waals surface area contributed by atoms with Gasteiger partial charge in [-0.05, 0) is 73.5 Å². The minimum Gasteiger partial charge on any atom is -0.491 e. The van der Waals surface area contributed by atoms with E-state index >= 15 is 0 Å². The highest BCUT2D eigenvalue weighted by molar-refractivity contribution is 5.94. The Morgan fingerprint density at radius 3 is 2.34 bits per heavy atom. The molecule has 198 valence electrons. The average Bonchev–Trinajstić information content (AvgIpc) is 3.35. The van der Waals surface area contributed by atoms with Crippen LogP contribution >= 0.6 is 0 Å². The maximum atomic E-state index is 12.3. The van der Waals surface area contributed by atoms with Crippen LogP contribution in [0.3, 0.4) is 0 Å². The van der Waals surface area contributed by atoms with E-state index < -0.39 is 5.97 Å². The van der Waals surface area contributed by atoms with Crippen molar-refractivity contribution in [1.82, 2.24) is 5.32 Å². The second-order valence-corrected chi connectivity index (χ2v) is 9.53. The number of ether oxygens (including phenoxy) is 1. The van der Waals surface area contributed by atoms with Gasteiger partial charge in [0, 0.05) is 35.3 Å². The number of anilines is 1. The molecule has 1 amide bonds. The van der Waals surface area contributed by atoms with Gasteiger partial charge in [0.15, 0.2) is 0 Å². The van der Waals surface area contributed by atoms with E-state index in [1.165, 1.54) is 0 Å². The lowest BCUT2D eigenvalue weighted by molar-refractivity contribution is -0.136. The number of carboxylic acid groups (broad SMARTS) is 1. The van der Waals surface area contributed by atoms with Crippen molar-refractivity contribution >= 4 is 28.5 Å². The van der Waals surface area contributed by atoms with E-state index in [1.54, 1.807) is 12.1 Å². The molecule has 0 saturated heterocycles. The molecule has 0 aliphatic rings. The largest absolute Gasteiger partial charge is 0.491 e. The van der Waals surface area contributed by atoms with Gasteiger partial charge in [0.2, 0.25) is 0 Å². The van der Waals surface area contributed by atoms with Gasteiger partial charge >= 0.3 is 5.97 Å². The van der Waals surface area contributed by atoms with Crippen LogP contribution in [0.2, 0.25) is 0 Å². The number of aliphatic carboxylic acids is 1. The van der Waals surface area contributed by atoms with Crippen LogP contribution in [0.25, 0.3) is 22.3 Å². The monoisotopic (exact) mass is 514 g/mol. The van der Waals surface area contributed by atoms with Crippen molar-refractivity contribution < 1.29 is 23.8 Å². The molecule has 0 bridgehead atoms. The summed E-state index contributed by atoms with van der Waals surface area (Å²) in [6, 6.07) is 25.5. The molecule has 2 N–H and O–H groups in total. The summed E-state index contributed by atoms with van der Waals surface area (Å²) in [5, 5.41) is 12.5. The first-order valence-electron chi connectivity index (χ1n) is 12.9. The number of rotatable bonds is 12. The molecule has 0 saturated carbocycles. The maximum Gasteiger partial charge on any atom is 0.305 e. The van der Waals surface area contributed by atoms with Gasteiger partial charge in [-0.1, -0.05) is 32.0 Å². The highest BCUT2D eigenvalue weighted by Crippen LogP contribution is 2.29. The van der Waals surface area contributed by atoms with Crippen molar-refractivity contribution in [2.24, 2.45) is 5.92 Å². The first kappa shape index (κ1) is 26.8. The molecular formula is C31H34N2O5. The van der Waals surface area contributed by atoms with Gasteiger partial charge in [-0.15, -0.1) is 0 Å². The molecule has 4 aromatic rings. The quantitative estimate of drug-likeness (QED) is 0.233. The highest BCUT2D eigenvalue weighted by atomic mass is 16.5. The predicted octanol–water partition coefficient (Wildman–Crippen LogP) is 6.23. The number of hydrogen-bond acceptors (Lipinski definition) is 5. The van der Waals surface area contributed by atoms with Gasteiger partial charge in [0.05, 0.1) is 12.5 Å². The van der Waals surface area contributed by atoms with Crippen LogP contribution in [-0.4, -0.2) is 42.7 Å². The van der Waals surface area contributed by atoms with Crippen molar-refractivity contribution in [2.45, 2.75) is 33.2 Å². The highest BCUT2D eigenvalue weighted by Gasteiger charge is 2.22. The van der Waals surface area contributed by atoms with Gasteiger partial charge in [-0.3, -0.25) is 9.59 Å². The fraction of sp³-hybridized carbons (Fsp3) is 0.290. The molecule has 3 aromatic carbocycles. The van der Waals surface area contributed by atoms with Crippen LogP contribution in [0.5, 0.6) is 5.75 Å². The second-order valence-electron chi connectivity index (χ2n) is 9.53. The molecule has 38 heavy (non-hydrogen) atoms. The van der Waals surface area contributed by atoms with E-state index in [4.69, 9.17) is 14.3 Å². The maximum absolute atomic E-state index is 12.3. The number of nitrogens with zero attached hydrogens (tertiary/aromatic N) is 1. The third kappa shape index (κ3) is 6.54. The first-order chi connectivity index (χ1) is 18.4. The molecule has 7 heteroatoms. The Bertz CT molecular complexity index is 1330. The zero-order chi connectivity index (χ0) is 27.1. The molecular weight excluding hydrogens is 480 g/mol. The lowest BCUT2D eigenvalue weighted by Gasteiger charge is -2.35. The van der Waals surface area contributed by atoms with Crippen molar-refractivity contribution in [3.05, 3.63) is 84.4 Å². The minimum absolute atomic E-state index is 0.100. The van der Waals surface area contributed by atoms with Gasteiger partial charge < -0.3 is 24.5 Å². The van der Waals surface area contributed by atoms with Crippen LogP contribution in [0.15, 0.2) is 83.3 Å². The van der Waals surface area contributed by atoms with E-state index in [0.29, 0.717) is 18.1 Å². The van der Waals surface area contributed by atoms with Gasteiger partial charge in [0.25, 0.3) is 5.91 Å².